The molecule has 1 unspecified atom stereocenters. The predicted molar refractivity (Wildman–Crippen MR) is 92.1 cm³/mol. The average molecular weight is 337 g/mol. The molecule has 24 heavy (non-hydrogen) atoms. The lowest BCUT2D eigenvalue weighted by molar-refractivity contribution is 0.122. The van der Waals surface area contributed by atoms with Gasteiger partial charge in [-0.2, -0.15) is 5.26 Å². The number of ether oxygens (including phenoxy) is 1. The molecule has 2 aromatic heterocycles. The number of hydrogen-bond donors (Lipinski definition) is 0. The SMILES string of the molecule is N#CC(c1ccnc(N2CCOCC2)n1)c1nc2ccccc2s1. The molecule has 1 aliphatic rings. The summed E-state index contributed by atoms with van der Waals surface area (Å²) in [7, 11) is 0. The molecule has 3 heterocycles. The minimum absolute atomic E-state index is 0.481. The number of benzene rings is 1. The minimum atomic E-state index is -0.481. The van der Waals surface area contributed by atoms with Gasteiger partial charge >= 0.3 is 0 Å². The van der Waals surface area contributed by atoms with E-state index in [1.807, 2.05) is 24.3 Å². The normalized spacial score (nSPS) is 16.0. The number of morpholine rings is 1. The van der Waals surface area contributed by atoms with Gasteiger partial charge in [-0.1, -0.05) is 12.1 Å². The predicted octanol–water partition coefficient (Wildman–Crippen LogP) is 2.58. The maximum absolute atomic E-state index is 9.68. The van der Waals surface area contributed by atoms with Crippen molar-refractivity contribution in [2.24, 2.45) is 0 Å². The molecule has 1 aromatic carbocycles. The number of hydrogen-bond acceptors (Lipinski definition) is 7. The fourth-order valence-electron chi connectivity index (χ4n) is 2.70. The Morgan fingerprint density at radius 3 is 2.79 bits per heavy atom. The smallest absolute Gasteiger partial charge is 0.225 e. The van der Waals surface area contributed by atoms with Gasteiger partial charge in [0.05, 0.1) is 35.2 Å². The Hall–Kier alpha value is -2.56. The van der Waals surface area contributed by atoms with Crippen LogP contribution in [-0.4, -0.2) is 41.3 Å². The van der Waals surface area contributed by atoms with Gasteiger partial charge in [0.15, 0.2) is 0 Å². The van der Waals surface area contributed by atoms with Crippen LogP contribution in [0.25, 0.3) is 10.2 Å². The van der Waals surface area contributed by atoms with Gasteiger partial charge in [-0.3, -0.25) is 0 Å². The molecule has 4 rings (SSSR count). The second-order valence-corrected chi connectivity index (χ2v) is 6.53. The molecule has 1 aliphatic heterocycles. The van der Waals surface area contributed by atoms with E-state index in [-0.39, 0.29) is 0 Å². The molecule has 0 bridgehead atoms. The van der Waals surface area contributed by atoms with E-state index in [1.165, 1.54) is 11.3 Å². The molecule has 0 spiro atoms. The largest absolute Gasteiger partial charge is 0.378 e. The van der Waals surface area contributed by atoms with E-state index in [2.05, 4.69) is 25.9 Å². The van der Waals surface area contributed by atoms with E-state index in [9.17, 15) is 5.26 Å². The molecule has 3 aromatic rings. The molecule has 6 nitrogen and oxygen atoms in total. The first-order chi connectivity index (χ1) is 11.8. The zero-order valence-corrected chi connectivity index (χ0v) is 13.7. The first-order valence-electron chi connectivity index (χ1n) is 7.76. The van der Waals surface area contributed by atoms with Crippen LogP contribution in [0.1, 0.15) is 16.6 Å². The van der Waals surface area contributed by atoms with Crippen molar-refractivity contribution < 1.29 is 4.74 Å². The summed E-state index contributed by atoms with van der Waals surface area (Å²) >= 11 is 1.54. The third kappa shape index (κ3) is 2.82. The van der Waals surface area contributed by atoms with Crippen LogP contribution in [0.4, 0.5) is 5.95 Å². The van der Waals surface area contributed by atoms with Crippen molar-refractivity contribution in [1.29, 1.82) is 5.26 Å². The monoisotopic (exact) mass is 337 g/mol. The third-order valence-electron chi connectivity index (χ3n) is 3.94. The van der Waals surface area contributed by atoms with Crippen LogP contribution in [0.3, 0.4) is 0 Å². The van der Waals surface area contributed by atoms with Crippen molar-refractivity contribution in [2.45, 2.75) is 5.92 Å². The van der Waals surface area contributed by atoms with Crippen LogP contribution >= 0.6 is 11.3 Å². The van der Waals surface area contributed by atoms with E-state index in [4.69, 9.17) is 4.74 Å². The number of para-hydroxylation sites is 1. The summed E-state index contributed by atoms with van der Waals surface area (Å²) in [6, 6.07) is 12.0. The van der Waals surface area contributed by atoms with Crippen LogP contribution in [0.15, 0.2) is 36.5 Å². The Labute approximate surface area is 143 Å². The third-order valence-corrected chi connectivity index (χ3v) is 5.04. The van der Waals surface area contributed by atoms with Crippen LogP contribution in [0.2, 0.25) is 0 Å². The summed E-state index contributed by atoms with van der Waals surface area (Å²) in [5.74, 6) is 0.169. The lowest BCUT2D eigenvalue weighted by Gasteiger charge is -2.27. The zero-order valence-electron chi connectivity index (χ0n) is 12.9. The Morgan fingerprint density at radius 1 is 1.17 bits per heavy atom. The number of rotatable bonds is 3. The fourth-order valence-corrected chi connectivity index (χ4v) is 3.73. The average Bonchev–Trinajstić information content (AvgIpc) is 3.07. The lowest BCUT2D eigenvalue weighted by Crippen LogP contribution is -2.37. The first-order valence-corrected chi connectivity index (χ1v) is 8.57. The van der Waals surface area contributed by atoms with Crippen molar-refractivity contribution in [2.75, 3.05) is 31.2 Å². The number of nitriles is 1. The van der Waals surface area contributed by atoms with Crippen molar-refractivity contribution >= 4 is 27.5 Å². The number of nitrogens with zero attached hydrogens (tertiary/aromatic N) is 5. The lowest BCUT2D eigenvalue weighted by atomic mass is 10.1. The summed E-state index contributed by atoms with van der Waals surface area (Å²) in [5, 5.41) is 10.5. The summed E-state index contributed by atoms with van der Waals surface area (Å²) in [4.78, 5) is 15.7. The Bertz CT molecular complexity index is 864. The summed E-state index contributed by atoms with van der Waals surface area (Å²) in [6.45, 7) is 2.88. The highest BCUT2D eigenvalue weighted by Crippen LogP contribution is 2.31. The van der Waals surface area contributed by atoms with E-state index >= 15 is 0 Å². The molecular formula is C17H15N5OS. The Morgan fingerprint density at radius 2 is 2.00 bits per heavy atom. The highest BCUT2D eigenvalue weighted by molar-refractivity contribution is 7.18. The van der Waals surface area contributed by atoms with Crippen molar-refractivity contribution in [3.05, 3.63) is 47.2 Å². The number of fused-ring (bicyclic) bond motifs is 1. The summed E-state index contributed by atoms with van der Waals surface area (Å²) in [5.41, 5.74) is 1.60. The number of thiazole rings is 1. The molecule has 7 heteroatoms. The van der Waals surface area contributed by atoms with Gasteiger partial charge in [0.2, 0.25) is 5.95 Å². The van der Waals surface area contributed by atoms with Crippen molar-refractivity contribution in [3.63, 3.8) is 0 Å². The number of anilines is 1. The van der Waals surface area contributed by atoms with Crippen molar-refractivity contribution in [3.8, 4) is 6.07 Å². The fraction of sp³-hybridized carbons (Fsp3) is 0.294. The van der Waals surface area contributed by atoms with Crippen LogP contribution < -0.4 is 4.90 Å². The highest BCUT2D eigenvalue weighted by atomic mass is 32.1. The molecule has 0 saturated carbocycles. The van der Waals surface area contributed by atoms with E-state index < -0.39 is 5.92 Å². The quantitative estimate of drug-likeness (QED) is 0.731. The molecule has 0 radical (unpaired) electrons. The second kappa shape index (κ2) is 6.51. The van der Waals surface area contributed by atoms with Gasteiger partial charge in [-0.25, -0.2) is 15.0 Å². The molecule has 0 amide bonds. The Kier molecular flexibility index (Phi) is 4.07. The zero-order chi connectivity index (χ0) is 16.4. The summed E-state index contributed by atoms with van der Waals surface area (Å²) < 4.78 is 6.44. The molecular weight excluding hydrogens is 322 g/mol. The Balaban J connectivity index is 1.69. The van der Waals surface area contributed by atoms with E-state index in [0.717, 1.165) is 28.3 Å². The van der Waals surface area contributed by atoms with Gasteiger partial charge < -0.3 is 9.64 Å². The maximum atomic E-state index is 9.68. The maximum Gasteiger partial charge on any atom is 0.225 e. The molecule has 120 valence electrons. The number of aromatic nitrogens is 3. The topological polar surface area (TPSA) is 74.9 Å². The van der Waals surface area contributed by atoms with E-state index in [1.54, 1.807) is 12.3 Å². The second-order valence-electron chi connectivity index (χ2n) is 5.46. The molecule has 0 aliphatic carbocycles. The van der Waals surface area contributed by atoms with Gasteiger partial charge in [-0.15, -0.1) is 11.3 Å². The molecule has 1 saturated heterocycles. The van der Waals surface area contributed by atoms with Crippen LogP contribution in [0.5, 0.6) is 0 Å². The van der Waals surface area contributed by atoms with E-state index in [0.29, 0.717) is 24.9 Å². The molecule has 1 atom stereocenters. The first kappa shape index (κ1) is 15.0. The highest BCUT2D eigenvalue weighted by Gasteiger charge is 2.22. The molecule has 0 N–H and O–H groups in total. The van der Waals surface area contributed by atoms with Crippen LogP contribution in [0, 0.1) is 11.3 Å². The minimum Gasteiger partial charge on any atom is -0.378 e. The van der Waals surface area contributed by atoms with Gasteiger partial charge in [0.1, 0.15) is 10.9 Å². The van der Waals surface area contributed by atoms with Crippen molar-refractivity contribution in [1.82, 2.24) is 15.0 Å². The van der Waals surface area contributed by atoms with Gasteiger partial charge in [0.25, 0.3) is 0 Å². The summed E-state index contributed by atoms with van der Waals surface area (Å²) in [6.07, 6.45) is 1.71. The van der Waals surface area contributed by atoms with Gasteiger partial charge in [-0.05, 0) is 18.2 Å². The van der Waals surface area contributed by atoms with Gasteiger partial charge in [0, 0.05) is 19.3 Å². The van der Waals surface area contributed by atoms with Crippen LogP contribution in [-0.2, 0) is 4.74 Å². The molecule has 1 fully saturated rings. The standard InChI is InChI=1S/C17H15N5OS/c18-11-12(16-20-14-3-1-2-4-15(14)24-16)13-5-6-19-17(21-13)22-7-9-23-10-8-22/h1-6,12H,7-10H2.